The summed E-state index contributed by atoms with van der Waals surface area (Å²) < 4.78 is 26.2. The molecule has 0 saturated carbocycles. The maximum atomic E-state index is 13.4. The molecule has 1 aromatic rings. The minimum atomic E-state index is -0.525. The van der Waals surface area contributed by atoms with Crippen LogP contribution < -0.4 is 5.32 Å². The summed E-state index contributed by atoms with van der Waals surface area (Å²) in [6, 6.07) is 4.70. The summed E-state index contributed by atoms with van der Waals surface area (Å²) in [6.07, 6.45) is 1.08. The molecule has 1 heterocycles. The third-order valence-corrected chi connectivity index (χ3v) is 3.55. The zero-order chi connectivity index (χ0) is 13.1. The second kappa shape index (κ2) is 5.76. The van der Waals surface area contributed by atoms with Gasteiger partial charge in [0.05, 0.1) is 0 Å². The van der Waals surface area contributed by atoms with Crippen molar-refractivity contribution in [2.75, 3.05) is 13.1 Å². The number of rotatable bonds is 4. The minimum Gasteiger partial charge on any atom is -0.308 e. The van der Waals surface area contributed by atoms with Crippen molar-refractivity contribution in [3.63, 3.8) is 0 Å². The summed E-state index contributed by atoms with van der Waals surface area (Å²) in [5.41, 5.74) is 0.527. The van der Waals surface area contributed by atoms with Gasteiger partial charge in [-0.25, -0.2) is 8.78 Å². The number of benzene rings is 1. The molecule has 1 unspecified atom stereocenters. The van der Waals surface area contributed by atoms with Gasteiger partial charge in [0.1, 0.15) is 11.6 Å². The normalized spacial score (nSPS) is 20.8. The van der Waals surface area contributed by atoms with E-state index in [2.05, 4.69) is 24.1 Å². The zero-order valence-electron chi connectivity index (χ0n) is 10.9. The first-order valence-corrected chi connectivity index (χ1v) is 6.47. The highest BCUT2D eigenvalue weighted by Gasteiger charge is 2.23. The van der Waals surface area contributed by atoms with E-state index in [1.54, 1.807) is 0 Å². The van der Waals surface area contributed by atoms with Gasteiger partial charge in [0.2, 0.25) is 0 Å². The van der Waals surface area contributed by atoms with Crippen molar-refractivity contribution in [3.05, 3.63) is 35.4 Å². The van der Waals surface area contributed by atoms with E-state index in [4.69, 9.17) is 0 Å². The van der Waals surface area contributed by atoms with Gasteiger partial charge in [-0.05, 0) is 32.9 Å². The lowest BCUT2D eigenvalue weighted by molar-refractivity contribution is 0.268. The summed E-state index contributed by atoms with van der Waals surface area (Å²) in [6.45, 7) is 6.91. The fourth-order valence-corrected chi connectivity index (χ4v) is 2.34. The van der Waals surface area contributed by atoms with E-state index in [1.807, 2.05) is 0 Å². The first-order chi connectivity index (χ1) is 8.56. The van der Waals surface area contributed by atoms with E-state index in [-0.39, 0.29) is 0 Å². The second-order valence-electron chi connectivity index (χ2n) is 5.19. The number of hydrogen-bond acceptors (Lipinski definition) is 2. The number of hydrogen-bond donors (Lipinski definition) is 1. The van der Waals surface area contributed by atoms with Crippen LogP contribution >= 0.6 is 0 Å². The summed E-state index contributed by atoms with van der Waals surface area (Å²) in [5.74, 6) is -0.996. The largest absolute Gasteiger partial charge is 0.308 e. The Hall–Kier alpha value is -1.00. The van der Waals surface area contributed by atoms with Gasteiger partial charge in [-0.3, -0.25) is 4.90 Å². The monoisotopic (exact) mass is 254 g/mol. The molecular weight excluding hydrogens is 234 g/mol. The Bertz CT molecular complexity index is 407. The molecule has 1 saturated heterocycles. The van der Waals surface area contributed by atoms with Gasteiger partial charge in [-0.2, -0.15) is 0 Å². The highest BCUT2D eigenvalue weighted by atomic mass is 19.1. The van der Waals surface area contributed by atoms with Crippen LogP contribution in [0, 0.1) is 11.6 Å². The van der Waals surface area contributed by atoms with E-state index >= 15 is 0 Å². The van der Waals surface area contributed by atoms with Crippen LogP contribution in [0.15, 0.2) is 18.2 Å². The lowest BCUT2D eigenvalue weighted by atomic mass is 10.2. The predicted octanol–water partition coefficient (Wildman–Crippen LogP) is 2.54. The highest BCUT2D eigenvalue weighted by molar-refractivity contribution is 5.18. The topological polar surface area (TPSA) is 15.3 Å². The Balaban J connectivity index is 1.85. The molecule has 0 radical (unpaired) electrons. The predicted molar refractivity (Wildman–Crippen MR) is 68.3 cm³/mol. The second-order valence-corrected chi connectivity index (χ2v) is 5.19. The van der Waals surface area contributed by atoms with Crippen molar-refractivity contribution in [2.24, 2.45) is 0 Å². The summed E-state index contributed by atoms with van der Waals surface area (Å²) in [7, 11) is 0. The standard InChI is InChI=1S/C14H20F2N2/c1-10(2)18-6-5-13(9-18)17-8-11-3-4-12(15)7-14(11)16/h3-4,7,10,13,17H,5-6,8-9H2,1-2H3. The van der Waals surface area contributed by atoms with Crippen LogP contribution in [0.5, 0.6) is 0 Å². The van der Waals surface area contributed by atoms with E-state index in [0.29, 0.717) is 24.2 Å². The van der Waals surface area contributed by atoms with Crippen molar-refractivity contribution in [1.29, 1.82) is 0 Å². The van der Waals surface area contributed by atoms with Crippen molar-refractivity contribution >= 4 is 0 Å². The van der Waals surface area contributed by atoms with E-state index in [0.717, 1.165) is 25.6 Å². The Morgan fingerprint density at radius 2 is 2.17 bits per heavy atom. The van der Waals surface area contributed by atoms with E-state index < -0.39 is 11.6 Å². The lowest BCUT2D eigenvalue weighted by Crippen LogP contribution is -2.34. The molecule has 0 aliphatic carbocycles. The molecule has 0 amide bonds. The Morgan fingerprint density at radius 1 is 1.39 bits per heavy atom. The number of likely N-dealkylation sites (tertiary alicyclic amines) is 1. The van der Waals surface area contributed by atoms with Crippen LogP contribution in [0.1, 0.15) is 25.8 Å². The first kappa shape index (κ1) is 13.4. The van der Waals surface area contributed by atoms with Gasteiger partial charge < -0.3 is 5.32 Å². The zero-order valence-corrected chi connectivity index (χ0v) is 10.9. The quantitative estimate of drug-likeness (QED) is 0.888. The van der Waals surface area contributed by atoms with Crippen LogP contribution in [0.2, 0.25) is 0 Å². The van der Waals surface area contributed by atoms with Crippen LogP contribution in [0.25, 0.3) is 0 Å². The Labute approximate surface area is 107 Å². The molecular formula is C14H20F2N2. The maximum absolute atomic E-state index is 13.4. The van der Waals surface area contributed by atoms with Crippen molar-refractivity contribution < 1.29 is 8.78 Å². The van der Waals surface area contributed by atoms with Gasteiger partial charge in [0.15, 0.2) is 0 Å². The van der Waals surface area contributed by atoms with Gasteiger partial charge in [0, 0.05) is 36.8 Å². The van der Waals surface area contributed by atoms with Gasteiger partial charge in [-0.15, -0.1) is 0 Å². The molecule has 0 spiro atoms. The highest BCUT2D eigenvalue weighted by Crippen LogP contribution is 2.14. The van der Waals surface area contributed by atoms with Crippen LogP contribution in [0.3, 0.4) is 0 Å². The minimum absolute atomic E-state index is 0.400. The van der Waals surface area contributed by atoms with Crippen molar-refractivity contribution in [3.8, 4) is 0 Å². The van der Waals surface area contributed by atoms with Gasteiger partial charge in [-0.1, -0.05) is 6.07 Å². The number of nitrogens with one attached hydrogen (secondary N) is 1. The van der Waals surface area contributed by atoms with Gasteiger partial charge >= 0.3 is 0 Å². The molecule has 2 nitrogen and oxygen atoms in total. The number of nitrogens with zero attached hydrogens (tertiary/aromatic N) is 1. The lowest BCUT2D eigenvalue weighted by Gasteiger charge is -2.20. The average Bonchev–Trinajstić information content (AvgIpc) is 2.76. The first-order valence-electron chi connectivity index (χ1n) is 6.47. The molecule has 0 bridgehead atoms. The third-order valence-electron chi connectivity index (χ3n) is 3.55. The fraction of sp³-hybridized carbons (Fsp3) is 0.571. The molecule has 2 rings (SSSR count). The van der Waals surface area contributed by atoms with Crippen LogP contribution in [-0.4, -0.2) is 30.1 Å². The molecule has 0 aromatic heterocycles. The molecule has 1 aliphatic heterocycles. The number of halogens is 2. The maximum Gasteiger partial charge on any atom is 0.130 e. The van der Waals surface area contributed by atoms with Crippen LogP contribution in [0.4, 0.5) is 8.78 Å². The molecule has 1 N–H and O–H groups in total. The molecule has 100 valence electrons. The molecule has 4 heteroatoms. The fourth-order valence-electron chi connectivity index (χ4n) is 2.34. The van der Waals surface area contributed by atoms with E-state index in [9.17, 15) is 8.78 Å². The third kappa shape index (κ3) is 3.27. The van der Waals surface area contributed by atoms with Crippen LogP contribution in [-0.2, 0) is 6.54 Å². The van der Waals surface area contributed by atoms with E-state index in [1.165, 1.54) is 12.1 Å². The Morgan fingerprint density at radius 3 is 2.78 bits per heavy atom. The molecule has 18 heavy (non-hydrogen) atoms. The Kier molecular flexibility index (Phi) is 4.30. The smallest absolute Gasteiger partial charge is 0.130 e. The molecule has 1 aliphatic rings. The molecule has 1 aromatic carbocycles. The van der Waals surface area contributed by atoms with Gasteiger partial charge in [0.25, 0.3) is 0 Å². The SMILES string of the molecule is CC(C)N1CCC(NCc2ccc(F)cc2F)C1. The van der Waals surface area contributed by atoms with Crippen molar-refractivity contribution in [1.82, 2.24) is 10.2 Å². The summed E-state index contributed by atoms with van der Waals surface area (Å²) in [5, 5.41) is 3.34. The average molecular weight is 254 g/mol. The molecule has 1 atom stereocenters. The summed E-state index contributed by atoms with van der Waals surface area (Å²) in [4.78, 5) is 2.40. The summed E-state index contributed by atoms with van der Waals surface area (Å²) >= 11 is 0. The molecule has 1 fully saturated rings. The van der Waals surface area contributed by atoms with Crippen molar-refractivity contribution in [2.45, 2.75) is 38.9 Å².